The van der Waals surface area contributed by atoms with Gasteiger partial charge in [-0.2, -0.15) is 0 Å². The number of nitrogens with zero attached hydrogens (tertiary/aromatic N) is 2. The first-order valence-corrected chi connectivity index (χ1v) is 6.32. The van der Waals surface area contributed by atoms with Gasteiger partial charge >= 0.3 is 0 Å². The highest BCUT2D eigenvalue weighted by Crippen LogP contribution is 2.25. The van der Waals surface area contributed by atoms with Crippen LogP contribution in [0.1, 0.15) is 18.3 Å². The summed E-state index contributed by atoms with van der Waals surface area (Å²) in [6, 6.07) is 10.3. The number of benzene rings is 1. The second-order valence-corrected chi connectivity index (χ2v) is 4.49. The molecule has 0 saturated carbocycles. The minimum atomic E-state index is -0.278. The maximum Gasteiger partial charge on any atom is 0.125 e. The minimum absolute atomic E-state index is 0.278. The number of hydrogen-bond acceptors (Lipinski definition) is 3. The Morgan fingerprint density at radius 2 is 2.05 bits per heavy atom. The van der Waals surface area contributed by atoms with Crippen LogP contribution in [-0.4, -0.2) is 11.5 Å². The number of pyridine rings is 1. The number of nitrogen functional groups attached to an aromatic ring is 1. The summed E-state index contributed by atoms with van der Waals surface area (Å²) >= 11 is 0. The van der Waals surface area contributed by atoms with Crippen LogP contribution in [0.5, 0.6) is 0 Å². The third-order valence-electron chi connectivity index (χ3n) is 3.01. The summed E-state index contributed by atoms with van der Waals surface area (Å²) in [4.78, 5) is 6.48. The molecule has 0 aliphatic heterocycles. The fourth-order valence-electron chi connectivity index (χ4n) is 2.04. The van der Waals surface area contributed by atoms with Gasteiger partial charge < -0.3 is 10.6 Å². The van der Waals surface area contributed by atoms with Crippen LogP contribution in [0.4, 0.5) is 15.8 Å². The zero-order chi connectivity index (χ0) is 13.8. The second kappa shape index (κ2) is 5.69. The van der Waals surface area contributed by atoms with Crippen LogP contribution in [0.3, 0.4) is 0 Å². The first-order chi connectivity index (χ1) is 9.10. The summed E-state index contributed by atoms with van der Waals surface area (Å²) in [6.07, 6.45) is 0. The maximum atomic E-state index is 13.3. The van der Waals surface area contributed by atoms with Gasteiger partial charge in [0, 0.05) is 12.2 Å². The Hall–Kier alpha value is -2.10. The molecule has 100 valence electrons. The molecular formula is C15H18FN3. The van der Waals surface area contributed by atoms with Crippen molar-refractivity contribution in [2.45, 2.75) is 20.4 Å². The van der Waals surface area contributed by atoms with Gasteiger partial charge in [-0.25, -0.2) is 4.39 Å². The Bertz CT molecular complexity index is 569. The van der Waals surface area contributed by atoms with E-state index in [1.54, 1.807) is 6.07 Å². The van der Waals surface area contributed by atoms with Crippen LogP contribution in [0.2, 0.25) is 0 Å². The largest absolute Gasteiger partial charge is 0.397 e. The molecule has 4 heteroatoms. The van der Waals surface area contributed by atoms with E-state index < -0.39 is 0 Å². The normalized spacial score (nSPS) is 10.5. The zero-order valence-corrected chi connectivity index (χ0v) is 11.2. The van der Waals surface area contributed by atoms with Crippen molar-refractivity contribution in [1.82, 2.24) is 4.98 Å². The Labute approximate surface area is 112 Å². The van der Waals surface area contributed by atoms with Gasteiger partial charge in [-0.15, -0.1) is 0 Å². The van der Waals surface area contributed by atoms with Gasteiger partial charge in [-0.05, 0) is 44.2 Å². The summed E-state index contributed by atoms with van der Waals surface area (Å²) < 4.78 is 13.3. The van der Waals surface area contributed by atoms with E-state index in [0.29, 0.717) is 17.9 Å². The molecule has 0 fully saturated rings. The third-order valence-corrected chi connectivity index (χ3v) is 3.01. The molecule has 0 saturated heterocycles. The first kappa shape index (κ1) is 13.3. The molecule has 0 spiro atoms. The number of rotatable bonds is 4. The first-order valence-electron chi connectivity index (χ1n) is 6.32. The molecule has 0 radical (unpaired) electrons. The highest BCUT2D eigenvalue weighted by Gasteiger charge is 2.10. The molecule has 2 rings (SSSR count). The van der Waals surface area contributed by atoms with E-state index in [1.165, 1.54) is 12.1 Å². The summed E-state index contributed by atoms with van der Waals surface area (Å²) in [6.45, 7) is 5.32. The van der Waals surface area contributed by atoms with Crippen LogP contribution in [-0.2, 0) is 6.54 Å². The van der Waals surface area contributed by atoms with E-state index >= 15 is 0 Å². The average molecular weight is 259 g/mol. The van der Waals surface area contributed by atoms with Gasteiger partial charge in [0.15, 0.2) is 0 Å². The van der Waals surface area contributed by atoms with Crippen molar-refractivity contribution >= 4 is 11.4 Å². The Kier molecular flexibility index (Phi) is 4.00. The molecule has 1 heterocycles. The van der Waals surface area contributed by atoms with E-state index in [9.17, 15) is 4.39 Å². The van der Waals surface area contributed by atoms with E-state index in [1.807, 2.05) is 36.9 Å². The van der Waals surface area contributed by atoms with Gasteiger partial charge in [0.1, 0.15) is 5.82 Å². The average Bonchev–Trinajstić information content (AvgIpc) is 2.39. The standard InChI is InChI=1S/C15H18FN3/c1-3-19(10-13-6-4-5-11(2)18-13)15-9-12(16)7-8-14(15)17/h4-9H,3,10,17H2,1-2H3. The number of aromatic nitrogens is 1. The molecule has 0 aliphatic carbocycles. The van der Waals surface area contributed by atoms with E-state index in [2.05, 4.69) is 4.98 Å². The maximum absolute atomic E-state index is 13.3. The zero-order valence-electron chi connectivity index (χ0n) is 11.2. The fraction of sp³-hybridized carbons (Fsp3) is 0.267. The lowest BCUT2D eigenvalue weighted by molar-refractivity contribution is 0.626. The smallest absolute Gasteiger partial charge is 0.125 e. The van der Waals surface area contributed by atoms with Crippen molar-refractivity contribution in [2.75, 3.05) is 17.2 Å². The monoisotopic (exact) mass is 259 g/mol. The van der Waals surface area contributed by atoms with E-state index in [4.69, 9.17) is 5.73 Å². The molecule has 2 aromatic rings. The highest BCUT2D eigenvalue weighted by molar-refractivity contribution is 5.67. The molecule has 3 nitrogen and oxygen atoms in total. The van der Waals surface area contributed by atoms with E-state index in [-0.39, 0.29) is 5.82 Å². The van der Waals surface area contributed by atoms with Gasteiger partial charge in [0.25, 0.3) is 0 Å². The predicted octanol–water partition coefficient (Wildman–Crippen LogP) is 3.14. The van der Waals surface area contributed by atoms with Crippen LogP contribution in [0.25, 0.3) is 0 Å². The molecule has 2 N–H and O–H groups in total. The van der Waals surface area contributed by atoms with Crippen molar-refractivity contribution in [3.8, 4) is 0 Å². The molecule has 0 unspecified atom stereocenters. The third kappa shape index (κ3) is 3.22. The van der Waals surface area contributed by atoms with Crippen molar-refractivity contribution in [1.29, 1.82) is 0 Å². The topological polar surface area (TPSA) is 42.2 Å². The van der Waals surface area contributed by atoms with Gasteiger partial charge in [0.2, 0.25) is 0 Å². The second-order valence-electron chi connectivity index (χ2n) is 4.49. The minimum Gasteiger partial charge on any atom is -0.397 e. The summed E-state index contributed by atoms with van der Waals surface area (Å²) in [5, 5.41) is 0. The van der Waals surface area contributed by atoms with Crippen molar-refractivity contribution in [3.63, 3.8) is 0 Å². The lowest BCUT2D eigenvalue weighted by atomic mass is 10.2. The Morgan fingerprint density at radius 1 is 1.26 bits per heavy atom. The number of nitrogens with two attached hydrogens (primary N) is 1. The predicted molar refractivity (Wildman–Crippen MR) is 76.5 cm³/mol. The van der Waals surface area contributed by atoms with Crippen LogP contribution < -0.4 is 10.6 Å². The molecular weight excluding hydrogens is 241 g/mol. The molecule has 0 bridgehead atoms. The summed E-state index contributed by atoms with van der Waals surface area (Å²) in [7, 11) is 0. The van der Waals surface area contributed by atoms with Crippen LogP contribution in [0, 0.1) is 12.7 Å². The van der Waals surface area contributed by atoms with Gasteiger partial charge in [-0.3, -0.25) is 4.98 Å². The molecule has 1 aromatic heterocycles. The number of halogens is 1. The summed E-state index contributed by atoms with van der Waals surface area (Å²) in [5.74, 6) is -0.278. The number of aryl methyl sites for hydroxylation is 1. The molecule has 0 amide bonds. The van der Waals surface area contributed by atoms with Crippen LogP contribution >= 0.6 is 0 Å². The van der Waals surface area contributed by atoms with Crippen molar-refractivity contribution in [2.24, 2.45) is 0 Å². The number of hydrogen-bond donors (Lipinski definition) is 1. The van der Waals surface area contributed by atoms with Crippen LogP contribution in [0.15, 0.2) is 36.4 Å². The molecule has 0 aliphatic rings. The van der Waals surface area contributed by atoms with Crippen molar-refractivity contribution in [3.05, 3.63) is 53.6 Å². The summed E-state index contributed by atoms with van der Waals surface area (Å²) in [5.41, 5.74) is 9.14. The quantitative estimate of drug-likeness (QED) is 0.858. The fourth-order valence-corrected chi connectivity index (χ4v) is 2.04. The van der Waals surface area contributed by atoms with Gasteiger partial charge in [-0.1, -0.05) is 6.07 Å². The lowest BCUT2D eigenvalue weighted by Crippen LogP contribution is -2.23. The molecule has 0 atom stereocenters. The Morgan fingerprint density at radius 3 is 2.74 bits per heavy atom. The van der Waals surface area contributed by atoms with E-state index in [0.717, 1.165) is 17.9 Å². The van der Waals surface area contributed by atoms with Crippen molar-refractivity contribution < 1.29 is 4.39 Å². The SMILES string of the molecule is CCN(Cc1cccc(C)n1)c1cc(F)ccc1N. The number of anilines is 2. The molecule has 1 aromatic carbocycles. The highest BCUT2D eigenvalue weighted by atomic mass is 19.1. The lowest BCUT2D eigenvalue weighted by Gasteiger charge is -2.24. The van der Waals surface area contributed by atoms with Gasteiger partial charge in [0.05, 0.1) is 23.6 Å². The molecule has 19 heavy (non-hydrogen) atoms. The Balaban J connectivity index is 2.27.